The molecule has 0 atom stereocenters. The summed E-state index contributed by atoms with van der Waals surface area (Å²) < 4.78 is 5.29. The predicted octanol–water partition coefficient (Wildman–Crippen LogP) is 1.33. The normalized spacial score (nSPS) is 19.9. The Hall–Kier alpha value is -0.570. The van der Waals surface area contributed by atoms with Gasteiger partial charge in [0.2, 0.25) is 5.91 Å². The van der Waals surface area contributed by atoms with Crippen molar-refractivity contribution in [3.63, 3.8) is 0 Å². The molecule has 0 spiro atoms. The van der Waals surface area contributed by atoms with Crippen LogP contribution < -0.4 is 5.32 Å². The molecule has 1 N–H and O–H groups in total. The summed E-state index contributed by atoms with van der Waals surface area (Å²) in [5.74, 6) is 0.599. The SMILES string of the molecule is CC(=O)NC(C)(C)C1CCOCC1. The highest BCUT2D eigenvalue weighted by Crippen LogP contribution is 2.26. The topological polar surface area (TPSA) is 38.3 Å². The average Bonchev–Trinajstić information content (AvgIpc) is 2.04. The highest BCUT2D eigenvalue weighted by molar-refractivity contribution is 5.73. The molecule has 0 aromatic rings. The van der Waals surface area contributed by atoms with E-state index >= 15 is 0 Å². The Kier molecular flexibility index (Phi) is 3.31. The highest BCUT2D eigenvalue weighted by atomic mass is 16.5. The second-order valence-corrected chi connectivity index (χ2v) is 4.29. The van der Waals surface area contributed by atoms with Gasteiger partial charge in [-0.05, 0) is 32.6 Å². The van der Waals surface area contributed by atoms with Crippen LogP contribution in [0.3, 0.4) is 0 Å². The van der Waals surface area contributed by atoms with Crippen molar-refractivity contribution < 1.29 is 9.53 Å². The van der Waals surface area contributed by atoms with Crippen molar-refractivity contribution in [1.82, 2.24) is 5.32 Å². The predicted molar refractivity (Wildman–Crippen MR) is 51.4 cm³/mol. The summed E-state index contributed by atoms with van der Waals surface area (Å²) in [5, 5.41) is 2.99. The molecule has 0 aromatic carbocycles. The number of carbonyl (C=O) groups excluding carboxylic acids is 1. The summed E-state index contributed by atoms with van der Waals surface area (Å²) in [5.41, 5.74) is -0.0877. The van der Waals surface area contributed by atoms with Gasteiger partial charge in [-0.2, -0.15) is 0 Å². The highest BCUT2D eigenvalue weighted by Gasteiger charge is 2.31. The Labute approximate surface area is 79.8 Å². The van der Waals surface area contributed by atoms with Crippen LogP contribution in [-0.4, -0.2) is 24.7 Å². The summed E-state index contributed by atoms with van der Waals surface area (Å²) in [6, 6.07) is 0. The Balaban J connectivity index is 2.50. The molecule has 76 valence electrons. The average molecular weight is 185 g/mol. The van der Waals surface area contributed by atoms with Crippen molar-refractivity contribution in [2.24, 2.45) is 5.92 Å². The molecule has 1 aliphatic heterocycles. The molecule has 0 saturated carbocycles. The van der Waals surface area contributed by atoms with Crippen LogP contribution >= 0.6 is 0 Å². The number of rotatable bonds is 2. The van der Waals surface area contributed by atoms with Gasteiger partial charge in [-0.25, -0.2) is 0 Å². The summed E-state index contributed by atoms with van der Waals surface area (Å²) in [6.07, 6.45) is 2.10. The number of carbonyl (C=O) groups is 1. The van der Waals surface area contributed by atoms with Crippen LogP contribution in [-0.2, 0) is 9.53 Å². The van der Waals surface area contributed by atoms with Crippen molar-refractivity contribution >= 4 is 5.91 Å². The number of ether oxygens (including phenoxy) is 1. The van der Waals surface area contributed by atoms with Crippen LogP contribution in [0.25, 0.3) is 0 Å². The molecule has 1 heterocycles. The zero-order chi connectivity index (χ0) is 9.90. The van der Waals surface area contributed by atoms with E-state index in [0.717, 1.165) is 26.1 Å². The standard InChI is InChI=1S/C10H19NO2/c1-8(12)11-10(2,3)9-4-6-13-7-5-9/h9H,4-7H2,1-3H3,(H,11,12). The van der Waals surface area contributed by atoms with Crippen molar-refractivity contribution in [3.8, 4) is 0 Å². The number of amides is 1. The summed E-state index contributed by atoms with van der Waals surface area (Å²) in [7, 11) is 0. The van der Waals surface area contributed by atoms with E-state index < -0.39 is 0 Å². The third kappa shape index (κ3) is 2.99. The van der Waals surface area contributed by atoms with Gasteiger partial charge in [0.15, 0.2) is 0 Å². The maximum absolute atomic E-state index is 11.0. The minimum atomic E-state index is -0.0877. The molecule has 1 rings (SSSR count). The zero-order valence-electron chi connectivity index (χ0n) is 8.72. The fourth-order valence-electron chi connectivity index (χ4n) is 1.98. The smallest absolute Gasteiger partial charge is 0.217 e. The molecule has 3 nitrogen and oxygen atoms in total. The molecule has 0 bridgehead atoms. The van der Waals surface area contributed by atoms with Crippen LogP contribution in [0.5, 0.6) is 0 Å². The lowest BCUT2D eigenvalue weighted by atomic mass is 9.82. The second kappa shape index (κ2) is 4.09. The lowest BCUT2D eigenvalue weighted by Gasteiger charge is -2.37. The first-order valence-corrected chi connectivity index (χ1v) is 4.89. The lowest BCUT2D eigenvalue weighted by Crippen LogP contribution is -2.49. The summed E-state index contributed by atoms with van der Waals surface area (Å²) in [4.78, 5) is 11.0. The number of hydrogen-bond acceptors (Lipinski definition) is 2. The zero-order valence-corrected chi connectivity index (χ0v) is 8.72. The summed E-state index contributed by atoms with van der Waals surface area (Å²) >= 11 is 0. The van der Waals surface area contributed by atoms with Crippen LogP contribution in [0.4, 0.5) is 0 Å². The first-order valence-electron chi connectivity index (χ1n) is 4.89. The molecule has 3 heteroatoms. The number of nitrogens with one attached hydrogen (secondary N) is 1. The quantitative estimate of drug-likeness (QED) is 0.704. The van der Waals surface area contributed by atoms with Gasteiger partial charge in [-0.15, -0.1) is 0 Å². The van der Waals surface area contributed by atoms with E-state index in [0.29, 0.717) is 5.92 Å². The van der Waals surface area contributed by atoms with Gasteiger partial charge in [-0.3, -0.25) is 4.79 Å². The Morgan fingerprint density at radius 3 is 2.38 bits per heavy atom. The van der Waals surface area contributed by atoms with Crippen molar-refractivity contribution in [2.45, 2.75) is 39.2 Å². The monoisotopic (exact) mass is 185 g/mol. The second-order valence-electron chi connectivity index (χ2n) is 4.29. The fourth-order valence-corrected chi connectivity index (χ4v) is 1.98. The van der Waals surface area contributed by atoms with Gasteiger partial charge >= 0.3 is 0 Å². The molecule has 13 heavy (non-hydrogen) atoms. The molecule has 0 aromatic heterocycles. The molecule has 0 aliphatic carbocycles. The molecule has 0 radical (unpaired) electrons. The van der Waals surface area contributed by atoms with E-state index in [2.05, 4.69) is 19.2 Å². The van der Waals surface area contributed by atoms with Gasteiger partial charge in [0.05, 0.1) is 0 Å². The van der Waals surface area contributed by atoms with Crippen LogP contribution in [0.15, 0.2) is 0 Å². The van der Waals surface area contributed by atoms with Crippen molar-refractivity contribution in [1.29, 1.82) is 0 Å². The molecule has 1 saturated heterocycles. The van der Waals surface area contributed by atoms with Crippen molar-refractivity contribution in [2.75, 3.05) is 13.2 Å². The molecular formula is C10H19NO2. The Morgan fingerprint density at radius 1 is 1.38 bits per heavy atom. The first kappa shape index (κ1) is 10.5. The molecule has 0 unspecified atom stereocenters. The van der Waals surface area contributed by atoms with E-state index in [9.17, 15) is 4.79 Å². The molecule has 1 fully saturated rings. The van der Waals surface area contributed by atoms with Crippen LogP contribution in [0.1, 0.15) is 33.6 Å². The van der Waals surface area contributed by atoms with E-state index in [4.69, 9.17) is 4.74 Å². The number of hydrogen-bond donors (Lipinski definition) is 1. The van der Waals surface area contributed by atoms with E-state index in [1.54, 1.807) is 6.92 Å². The van der Waals surface area contributed by atoms with Crippen LogP contribution in [0, 0.1) is 5.92 Å². The van der Waals surface area contributed by atoms with Gasteiger partial charge < -0.3 is 10.1 Å². The van der Waals surface area contributed by atoms with Gasteiger partial charge in [0.25, 0.3) is 0 Å². The fraction of sp³-hybridized carbons (Fsp3) is 0.900. The Morgan fingerprint density at radius 2 is 1.92 bits per heavy atom. The molecular weight excluding hydrogens is 166 g/mol. The van der Waals surface area contributed by atoms with Gasteiger partial charge in [0.1, 0.15) is 0 Å². The molecule has 1 aliphatic rings. The largest absolute Gasteiger partial charge is 0.381 e. The Bertz CT molecular complexity index is 183. The maximum atomic E-state index is 11.0. The van der Waals surface area contributed by atoms with Gasteiger partial charge in [0, 0.05) is 25.7 Å². The van der Waals surface area contributed by atoms with Crippen LogP contribution in [0.2, 0.25) is 0 Å². The molecule has 1 amide bonds. The first-order chi connectivity index (χ1) is 6.02. The van der Waals surface area contributed by atoms with Crippen molar-refractivity contribution in [3.05, 3.63) is 0 Å². The van der Waals surface area contributed by atoms with E-state index in [-0.39, 0.29) is 11.4 Å². The third-order valence-corrected chi connectivity index (χ3v) is 2.74. The lowest BCUT2D eigenvalue weighted by molar-refractivity contribution is -0.121. The maximum Gasteiger partial charge on any atom is 0.217 e. The third-order valence-electron chi connectivity index (χ3n) is 2.74. The van der Waals surface area contributed by atoms with E-state index in [1.165, 1.54) is 0 Å². The minimum absolute atomic E-state index is 0.0523. The minimum Gasteiger partial charge on any atom is -0.381 e. The summed E-state index contributed by atoms with van der Waals surface area (Å²) in [6.45, 7) is 7.40. The van der Waals surface area contributed by atoms with E-state index in [1.807, 2.05) is 0 Å². The van der Waals surface area contributed by atoms with Gasteiger partial charge in [-0.1, -0.05) is 0 Å².